The predicted octanol–water partition coefficient (Wildman–Crippen LogP) is 2.12. The van der Waals surface area contributed by atoms with E-state index in [1.54, 1.807) is 16.7 Å². The van der Waals surface area contributed by atoms with Gasteiger partial charge in [-0.1, -0.05) is 6.92 Å². The summed E-state index contributed by atoms with van der Waals surface area (Å²) in [4.78, 5) is 16.1. The minimum atomic E-state index is -0.0986. The highest BCUT2D eigenvalue weighted by atomic mass is 127. The van der Waals surface area contributed by atoms with Crippen LogP contribution in [0.1, 0.15) is 13.3 Å². The maximum Gasteiger partial charge on any atom is 0.261 e. The molecule has 0 unspecified atom stereocenters. The van der Waals surface area contributed by atoms with Gasteiger partial charge < -0.3 is 5.11 Å². The maximum absolute atomic E-state index is 12.0. The lowest BCUT2D eigenvalue weighted by atomic mass is 10.2. The molecule has 0 radical (unpaired) electrons. The van der Waals surface area contributed by atoms with Gasteiger partial charge in [0.2, 0.25) is 0 Å². The second-order valence-electron chi connectivity index (χ2n) is 3.54. The third-order valence-corrected chi connectivity index (χ3v) is 3.25. The Labute approximate surface area is 106 Å². The van der Waals surface area contributed by atoms with E-state index in [2.05, 4.69) is 4.98 Å². The molecule has 2 rings (SSSR count). The smallest absolute Gasteiger partial charge is 0.261 e. The molecule has 0 saturated heterocycles. The van der Waals surface area contributed by atoms with Crippen LogP contribution in [0.25, 0.3) is 10.9 Å². The largest absolute Gasteiger partial charge is 0.505 e. The second kappa shape index (κ2) is 4.40. The number of aryl methyl sites for hydroxylation is 1. The number of hydrogen-bond acceptors (Lipinski definition) is 3. The molecular formula is C11H11IN2O2. The number of halogens is 1. The summed E-state index contributed by atoms with van der Waals surface area (Å²) in [6.45, 7) is 2.65. The average Bonchev–Trinajstić information content (AvgIpc) is 2.28. The fourth-order valence-corrected chi connectivity index (χ4v) is 2.03. The molecular weight excluding hydrogens is 319 g/mol. The molecule has 4 nitrogen and oxygen atoms in total. The third kappa shape index (κ3) is 1.79. The molecule has 0 spiro atoms. The molecule has 1 aromatic heterocycles. The lowest BCUT2D eigenvalue weighted by Crippen LogP contribution is -2.20. The van der Waals surface area contributed by atoms with Crippen molar-refractivity contribution in [2.45, 2.75) is 19.9 Å². The van der Waals surface area contributed by atoms with Gasteiger partial charge in [0.25, 0.3) is 5.56 Å². The first-order chi connectivity index (χ1) is 7.65. The van der Waals surface area contributed by atoms with E-state index in [0.717, 1.165) is 6.42 Å². The Kier molecular flexibility index (Phi) is 3.13. The molecule has 2 aromatic rings. The van der Waals surface area contributed by atoms with Crippen LogP contribution in [0.15, 0.2) is 23.3 Å². The summed E-state index contributed by atoms with van der Waals surface area (Å²) in [5.41, 5.74) is 0.280. The van der Waals surface area contributed by atoms with Crippen LogP contribution >= 0.6 is 22.6 Å². The number of fused-ring (bicyclic) bond motifs is 1. The number of benzene rings is 1. The van der Waals surface area contributed by atoms with E-state index in [9.17, 15) is 9.90 Å². The standard InChI is InChI=1S/C11H11IN2O2/c1-2-5-14-6-13-9-7(11(14)16)3-4-8(12)10(9)15/h3-4,6,15H,2,5H2,1H3. The van der Waals surface area contributed by atoms with Crippen LogP contribution in [0.4, 0.5) is 0 Å². The molecule has 1 heterocycles. The summed E-state index contributed by atoms with van der Waals surface area (Å²) in [5, 5.41) is 10.3. The van der Waals surface area contributed by atoms with Crippen molar-refractivity contribution in [3.63, 3.8) is 0 Å². The predicted molar refractivity (Wildman–Crippen MR) is 70.7 cm³/mol. The van der Waals surface area contributed by atoms with Gasteiger partial charge >= 0.3 is 0 Å². The van der Waals surface area contributed by atoms with Crippen LogP contribution in [0.2, 0.25) is 0 Å². The Bertz CT molecular complexity index is 592. The summed E-state index contributed by atoms with van der Waals surface area (Å²) in [6, 6.07) is 3.43. The van der Waals surface area contributed by atoms with E-state index >= 15 is 0 Å². The van der Waals surface area contributed by atoms with Gasteiger partial charge in [-0.2, -0.15) is 0 Å². The Morgan fingerprint density at radius 2 is 2.25 bits per heavy atom. The topological polar surface area (TPSA) is 55.1 Å². The van der Waals surface area contributed by atoms with Gasteiger partial charge in [-0.15, -0.1) is 0 Å². The molecule has 0 aliphatic heterocycles. The van der Waals surface area contributed by atoms with Crippen LogP contribution in [0, 0.1) is 3.57 Å². The third-order valence-electron chi connectivity index (χ3n) is 2.38. The highest BCUT2D eigenvalue weighted by molar-refractivity contribution is 14.1. The maximum atomic E-state index is 12.0. The molecule has 0 fully saturated rings. The molecule has 5 heteroatoms. The summed E-state index contributed by atoms with van der Waals surface area (Å²) >= 11 is 2.01. The van der Waals surface area contributed by atoms with E-state index < -0.39 is 0 Å². The van der Waals surface area contributed by atoms with Gasteiger partial charge in [0.05, 0.1) is 15.3 Å². The number of aromatic hydroxyl groups is 1. The van der Waals surface area contributed by atoms with Crippen molar-refractivity contribution in [2.75, 3.05) is 0 Å². The van der Waals surface area contributed by atoms with Gasteiger partial charge in [-0.25, -0.2) is 4.98 Å². The molecule has 0 aliphatic rings. The van der Waals surface area contributed by atoms with Crippen molar-refractivity contribution >= 4 is 33.5 Å². The normalized spacial score (nSPS) is 10.9. The Morgan fingerprint density at radius 1 is 1.50 bits per heavy atom. The molecule has 0 atom stereocenters. The van der Waals surface area contributed by atoms with Crippen LogP contribution < -0.4 is 5.56 Å². The zero-order chi connectivity index (χ0) is 11.7. The van der Waals surface area contributed by atoms with Crippen LogP contribution in [0.5, 0.6) is 5.75 Å². The van der Waals surface area contributed by atoms with Crippen molar-refractivity contribution in [1.29, 1.82) is 0 Å². The van der Waals surface area contributed by atoms with E-state index in [-0.39, 0.29) is 11.3 Å². The van der Waals surface area contributed by atoms with Crippen LogP contribution in [-0.4, -0.2) is 14.7 Å². The SMILES string of the molecule is CCCn1cnc2c(O)c(I)ccc2c1=O. The molecule has 16 heavy (non-hydrogen) atoms. The Hall–Kier alpha value is -1.11. The van der Waals surface area contributed by atoms with Crippen molar-refractivity contribution in [1.82, 2.24) is 9.55 Å². The highest BCUT2D eigenvalue weighted by Crippen LogP contribution is 2.25. The summed E-state index contributed by atoms with van der Waals surface area (Å²) in [5.74, 6) is 0.0823. The molecule has 0 aliphatic carbocycles. The number of rotatable bonds is 2. The number of phenols is 1. The van der Waals surface area contributed by atoms with Crippen LogP contribution in [-0.2, 0) is 6.54 Å². The van der Waals surface area contributed by atoms with E-state index in [1.165, 1.54) is 6.33 Å². The van der Waals surface area contributed by atoms with Crippen molar-refractivity contribution in [3.8, 4) is 5.75 Å². The highest BCUT2D eigenvalue weighted by Gasteiger charge is 2.09. The number of hydrogen-bond donors (Lipinski definition) is 1. The first-order valence-corrected chi connectivity index (χ1v) is 6.09. The van der Waals surface area contributed by atoms with E-state index in [1.807, 2.05) is 29.5 Å². The molecule has 0 amide bonds. The minimum absolute atomic E-state index is 0.0823. The second-order valence-corrected chi connectivity index (χ2v) is 4.70. The number of aromatic nitrogens is 2. The summed E-state index contributed by atoms with van der Waals surface area (Å²) in [6.07, 6.45) is 2.37. The van der Waals surface area contributed by atoms with Crippen LogP contribution in [0.3, 0.4) is 0 Å². The quantitative estimate of drug-likeness (QED) is 0.858. The summed E-state index contributed by atoms with van der Waals surface area (Å²) < 4.78 is 2.26. The number of nitrogens with zero attached hydrogens (tertiary/aromatic N) is 2. The fraction of sp³-hybridized carbons (Fsp3) is 0.273. The Morgan fingerprint density at radius 3 is 2.94 bits per heavy atom. The zero-order valence-corrected chi connectivity index (χ0v) is 10.9. The van der Waals surface area contributed by atoms with Gasteiger partial charge in [0.1, 0.15) is 5.52 Å². The first-order valence-electron chi connectivity index (χ1n) is 5.01. The monoisotopic (exact) mass is 330 g/mol. The molecule has 1 N–H and O–H groups in total. The lowest BCUT2D eigenvalue weighted by molar-refractivity contribution is 0.476. The lowest BCUT2D eigenvalue weighted by Gasteiger charge is -2.06. The fourth-order valence-electron chi connectivity index (χ4n) is 1.59. The summed E-state index contributed by atoms with van der Waals surface area (Å²) in [7, 11) is 0. The first kappa shape index (κ1) is 11.4. The minimum Gasteiger partial charge on any atom is -0.505 e. The Balaban J connectivity index is 2.77. The number of phenolic OH excluding ortho intramolecular Hbond substituents is 1. The molecule has 0 bridgehead atoms. The van der Waals surface area contributed by atoms with Gasteiger partial charge in [-0.3, -0.25) is 9.36 Å². The molecule has 0 saturated carbocycles. The van der Waals surface area contributed by atoms with Gasteiger partial charge in [-0.05, 0) is 41.1 Å². The van der Waals surface area contributed by atoms with Crippen molar-refractivity contribution in [3.05, 3.63) is 32.4 Å². The van der Waals surface area contributed by atoms with E-state index in [4.69, 9.17) is 0 Å². The van der Waals surface area contributed by atoms with Gasteiger partial charge in [0.15, 0.2) is 5.75 Å². The molecule has 84 valence electrons. The van der Waals surface area contributed by atoms with E-state index in [0.29, 0.717) is 21.0 Å². The average molecular weight is 330 g/mol. The van der Waals surface area contributed by atoms with Crippen molar-refractivity contribution in [2.24, 2.45) is 0 Å². The molecule has 1 aromatic carbocycles. The zero-order valence-electron chi connectivity index (χ0n) is 8.77. The van der Waals surface area contributed by atoms with Gasteiger partial charge in [0, 0.05) is 6.54 Å². The van der Waals surface area contributed by atoms with Crippen molar-refractivity contribution < 1.29 is 5.11 Å².